The van der Waals surface area contributed by atoms with Gasteiger partial charge >= 0.3 is 0 Å². The molecule has 184 valence electrons. The molecule has 0 spiro atoms. The maximum absolute atomic E-state index is 3.59. The van der Waals surface area contributed by atoms with Crippen molar-refractivity contribution in [3.8, 4) is 0 Å². The van der Waals surface area contributed by atoms with Crippen molar-refractivity contribution in [1.82, 2.24) is 5.43 Å². The topological polar surface area (TPSA) is 21.8 Å². The first-order valence-electron chi connectivity index (χ1n) is 12.5. The zero-order valence-corrected chi connectivity index (χ0v) is 21.3. The number of hydrogen-bond donors (Lipinski definition) is 1. The van der Waals surface area contributed by atoms with Crippen LogP contribution >= 0.6 is 0 Å². The van der Waals surface area contributed by atoms with Gasteiger partial charge in [0.1, 0.15) is 0 Å². The number of rotatable bonds is 9. The molecule has 0 unspecified atom stereocenters. The first-order valence-corrected chi connectivity index (χ1v) is 12.5. The van der Waals surface area contributed by atoms with E-state index in [0.29, 0.717) is 6.54 Å². The van der Waals surface area contributed by atoms with Gasteiger partial charge in [0.2, 0.25) is 0 Å². The van der Waals surface area contributed by atoms with E-state index in [1.807, 2.05) is 18.2 Å². The van der Waals surface area contributed by atoms with Crippen LogP contribution in [0.1, 0.15) is 5.56 Å². The third-order valence-corrected chi connectivity index (χ3v) is 6.56. The van der Waals surface area contributed by atoms with Crippen LogP contribution in [0.4, 0.5) is 34.1 Å². The van der Waals surface area contributed by atoms with Crippen molar-refractivity contribution in [3.05, 3.63) is 145 Å². The molecule has 0 atom stereocenters. The van der Waals surface area contributed by atoms with E-state index in [0.717, 1.165) is 28.4 Å². The van der Waals surface area contributed by atoms with E-state index >= 15 is 0 Å². The van der Waals surface area contributed by atoms with Crippen molar-refractivity contribution in [3.63, 3.8) is 0 Å². The summed E-state index contributed by atoms with van der Waals surface area (Å²) in [5, 5.41) is 2.13. The molecule has 0 aromatic heterocycles. The first kappa shape index (κ1) is 24.2. The smallest absolute Gasteiger partial charge is 0.0577 e. The molecule has 0 amide bonds. The van der Waals surface area contributed by atoms with Crippen molar-refractivity contribution in [2.75, 3.05) is 28.9 Å². The number of hydrazine groups is 1. The Morgan fingerprint density at radius 3 is 1.14 bits per heavy atom. The Hall–Kier alpha value is -4.54. The highest BCUT2D eigenvalue weighted by molar-refractivity contribution is 5.68. The van der Waals surface area contributed by atoms with E-state index in [-0.39, 0.29) is 0 Å². The average Bonchev–Trinajstić information content (AvgIpc) is 2.98. The molecule has 5 aromatic carbocycles. The van der Waals surface area contributed by atoms with Crippen molar-refractivity contribution < 1.29 is 0 Å². The molecule has 0 heterocycles. The van der Waals surface area contributed by atoms with Crippen LogP contribution in [-0.2, 0) is 6.54 Å². The van der Waals surface area contributed by atoms with Gasteiger partial charge < -0.3 is 9.80 Å². The van der Waals surface area contributed by atoms with Crippen LogP contribution in [0.25, 0.3) is 0 Å². The van der Waals surface area contributed by atoms with Crippen LogP contribution in [0.3, 0.4) is 0 Å². The maximum Gasteiger partial charge on any atom is 0.0577 e. The molecule has 5 aromatic rings. The average molecular weight is 485 g/mol. The minimum Gasteiger partial charge on any atom is -0.345 e. The van der Waals surface area contributed by atoms with Crippen LogP contribution < -0.4 is 20.2 Å². The Kier molecular flexibility index (Phi) is 7.49. The SMILES string of the molecule is CN(c1ccccc1)c1ccc(N(C)c2ccc(CNN(c3ccccc3)c3ccccc3)cc2)cc1. The minimum absolute atomic E-state index is 0.717. The van der Waals surface area contributed by atoms with Crippen molar-refractivity contribution in [2.24, 2.45) is 0 Å². The standard InChI is InChI=1S/C33H32N4/c1-35(28-12-6-3-7-13-28)30-22-24-31(25-23-30)36(2)29-20-18-27(19-21-29)26-34-37(32-14-8-4-9-15-32)33-16-10-5-11-17-33/h3-25,34H,26H2,1-2H3. The summed E-state index contributed by atoms with van der Waals surface area (Å²) >= 11 is 0. The van der Waals surface area contributed by atoms with Gasteiger partial charge in [-0.1, -0.05) is 66.7 Å². The maximum atomic E-state index is 3.59. The molecule has 4 nitrogen and oxygen atoms in total. The third-order valence-electron chi connectivity index (χ3n) is 6.56. The van der Waals surface area contributed by atoms with Crippen LogP contribution in [0.15, 0.2) is 140 Å². The van der Waals surface area contributed by atoms with Crippen LogP contribution in [0.5, 0.6) is 0 Å². The van der Waals surface area contributed by atoms with Gasteiger partial charge in [0.15, 0.2) is 0 Å². The highest BCUT2D eigenvalue weighted by Crippen LogP contribution is 2.29. The van der Waals surface area contributed by atoms with Gasteiger partial charge in [0.25, 0.3) is 0 Å². The largest absolute Gasteiger partial charge is 0.345 e. The fourth-order valence-electron chi connectivity index (χ4n) is 4.34. The molecule has 37 heavy (non-hydrogen) atoms. The number of benzene rings is 5. The Morgan fingerprint density at radius 2 is 0.730 bits per heavy atom. The molecule has 0 saturated carbocycles. The molecule has 0 saturated heterocycles. The molecule has 4 heteroatoms. The third kappa shape index (κ3) is 5.83. The lowest BCUT2D eigenvalue weighted by atomic mass is 10.1. The number of hydrogen-bond acceptors (Lipinski definition) is 4. The van der Waals surface area contributed by atoms with Gasteiger partial charge in [-0.25, -0.2) is 5.43 Å². The first-order chi connectivity index (χ1) is 18.2. The second kappa shape index (κ2) is 11.5. The zero-order valence-electron chi connectivity index (χ0n) is 21.3. The Morgan fingerprint density at radius 1 is 0.405 bits per heavy atom. The minimum atomic E-state index is 0.717. The summed E-state index contributed by atoms with van der Waals surface area (Å²) in [6, 6.07) is 48.6. The van der Waals surface area contributed by atoms with Crippen molar-refractivity contribution >= 4 is 34.1 Å². The van der Waals surface area contributed by atoms with Gasteiger partial charge in [0, 0.05) is 43.4 Å². The predicted octanol–water partition coefficient (Wildman–Crippen LogP) is 8.07. The molecule has 1 N–H and O–H groups in total. The van der Waals surface area contributed by atoms with Gasteiger partial charge in [-0.3, -0.25) is 5.01 Å². The van der Waals surface area contributed by atoms with E-state index in [9.17, 15) is 0 Å². The van der Waals surface area contributed by atoms with Crippen molar-refractivity contribution in [2.45, 2.75) is 6.54 Å². The van der Waals surface area contributed by atoms with Crippen molar-refractivity contribution in [1.29, 1.82) is 0 Å². The quantitative estimate of drug-likeness (QED) is 0.214. The summed E-state index contributed by atoms with van der Waals surface area (Å²) in [6.45, 7) is 0.717. The fourth-order valence-corrected chi connectivity index (χ4v) is 4.34. The number of nitrogens with one attached hydrogen (secondary N) is 1. The van der Waals surface area contributed by atoms with Gasteiger partial charge in [-0.2, -0.15) is 0 Å². The van der Waals surface area contributed by atoms with E-state index in [1.165, 1.54) is 11.3 Å². The Balaban J connectivity index is 1.25. The second-order valence-electron chi connectivity index (χ2n) is 8.98. The van der Waals surface area contributed by atoms with Crippen LogP contribution in [0.2, 0.25) is 0 Å². The lowest BCUT2D eigenvalue weighted by Crippen LogP contribution is -2.33. The number of anilines is 6. The molecule has 5 rings (SSSR count). The summed E-state index contributed by atoms with van der Waals surface area (Å²) in [4.78, 5) is 4.41. The highest BCUT2D eigenvalue weighted by Gasteiger charge is 2.10. The summed E-state index contributed by atoms with van der Waals surface area (Å²) in [5.41, 5.74) is 11.6. The monoisotopic (exact) mass is 484 g/mol. The lowest BCUT2D eigenvalue weighted by molar-refractivity contribution is 0.707. The van der Waals surface area contributed by atoms with Crippen LogP contribution in [-0.4, -0.2) is 14.1 Å². The molecule has 0 bridgehead atoms. The Labute approximate surface area is 220 Å². The van der Waals surface area contributed by atoms with Crippen LogP contribution in [0, 0.1) is 0 Å². The van der Waals surface area contributed by atoms with Gasteiger partial charge in [-0.15, -0.1) is 0 Å². The molecular formula is C33H32N4. The number of nitrogens with zero attached hydrogens (tertiary/aromatic N) is 3. The lowest BCUT2D eigenvalue weighted by Gasteiger charge is -2.26. The summed E-state index contributed by atoms with van der Waals surface area (Å²) in [5.74, 6) is 0. The van der Waals surface area contributed by atoms with E-state index < -0.39 is 0 Å². The van der Waals surface area contributed by atoms with E-state index in [1.54, 1.807) is 0 Å². The molecule has 0 aliphatic heterocycles. The number of para-hydroxylation sites is 3. The second-order valence-corrected chi connectivity index (χ2v) is 8.98. The summed E-state index contributed by atoms with van der Waals surface area (Å²) in [7, 11) is 4.20. The van der Waals surface area contributed by atoms with Gasteiger partial charge in [-0.05, 0) is 78.4 Å². The van der Waals surface area contributed by atoms with E-state index in [4.69, 9.17) is 0 Å². The van der Waals surface area contributed by atoms with Gasteiger partial charge in [0.05, 0.1) is 11.4 Å². The zero-order chi connectivity index (χ0) is 25.5. The summed E-state index contributed by atoms with van der Waals surface area (Å²) in [6.07, 6.45) is 0. The summed E-state index contributed by atoms with van der Waals surface area (Å²) < 4.78 is 0. The molecule has 0 radical (unpaired) electrons. The molecule has 0 aliphatic rings. The Bertz CT molecular complexity index is 1330. The normalized spacial score (nSPS) is 10.6. The van der Waals surface area contributed by atoms with E-state index in [2.05, 4.69) is 156 Å². The highest BCUT2D eigenvalue weighted by atomic mass is 15.5. The fraction of sp³-hybridized carbons (Fsp3) is 0.0909. The molecular weight excluding hydrogens is 452 g/mol. The predicted molar refractivity (Wildman–Crippen MR) is 157 cm³/mol. The molecule has 0 fully saturated rings. The molecule has 0 aliphatic carbocycles.